The fourth-order valence-electron chi connectivity index (χ4n) is 1.82. The number of carboxylic acid groups (broad SMARTS) is 1. The van der Waals surface area contributed by atoms with E-state index in [4.69, 9.17) is 5.11 Å². The molecule has 0 fully saturated rings. The number of carboxylic acids is 1. The summed E-state index contributed by atoms with van der Waals surface area (Å²) in [6.45, 7) is 0. The highest BCUT2D eigenvalue weighted by molar-refractivity contribution is 9.10. The van der Waals surface area contributed by atoms with Crippen LogP contribution in [0.15, 0.2) is 47.2 Å². The van der Waals surface area contributed by atoms with Crippen molar-refractivity contribution in [3.63, 3.8) is 0 Å². The van der Waals surface area contributed by atoms with E-state index in [1.54, 1.807) is 24.5 Å². The highest BCUT2D eigenvalue weighted by Crippen LogP contribution is 2.21. The third-order valence-electron chi connectivity index (χ3n) is 2.88. The average Bonchev–Trinajstić information content (AvgIpc) is 2.48. The lowest BCUT2D eigenvalue weighted by Gasteiger charge is -2.09. The van der Waals surface area contributed by atoms with Crippen LogP contribution in [0.4, 0.5) is 5.69 Å². The standard InChI is InChI=1S/C15H13BrN2O3/c16-11-2-3-13(12(9-11)15(20)21)18-14(19)4-1-10-5-7-17-8-6-10/h2-3,5-9H,1,4H2,(H,18,19)(H,20,21). The molecule has 0 bridgehead atoms. The minimum absolute atomic E-state index is 0.0571. The predicted molar refractivity (Wildman–Crippen MR) is 82.3 cm³/mol. The van der Waals surface area contributed by atoms with Gasteiger partial charge in [-0.25, -0.2) is 4.79 Å². The van der Waals surface area contributed by atoms with Crippen LogP contribution in [0.3, 0.4) is 0 Å². The molecule has 0 aliphatic carbocycles. The van der Waals surface area contributed by atoms with Crippen molar-refractivity contribution in [1.29, 1.82) is 0 Å². The zero-order valence-electron chi connectivity index (χ0n) is 11.0. The number of rotatable bonds is 5. The van der Waals surface area contributed by atoms with Crippen molar-refractivity contribution in [2.75, 3.05) is 5.32 Å². The first kappa shape index (κ1) is 15.2. The number of pyridine rings is 1. The lowest BCUT2D eigenvalue weighted by atomic mass is 10.1. The van der Waals surface area contributed by atoms with Crippen LogP contribution >= 0.6 is 15.9 Å². The number of aromatic nitrogens is 1. The summed E-state index contributed by atoms with van der Waals surface area (Å²) in [5.41, 5.74) is 1.36. The van der Waals surface area contributed by atoms with Gasteiger partial charge in [-0.1, -0.05) is 15.9 Å². The number of hydrogen-bond donors (Lipinski definition) is 2. The zero-order chi connectivity index (χ0) is 15.2. The van der Waals surface area contributed by atoms with Crippen molar-refractivity contribution >= 4 is 33.5 Å². The van der Waals surface area contributed by atoms with Crippen LogP contribution in [0.5, 0.6) is 0 Å². The number of hydrogen-bond acceptors (Lipinski definition) is 3. The number of nitrogens with one attached hydrogen (secondary N) is 1. The molecule has 6 heteroatoms. The molecule has 108 valence electrons. The maximum absolute atomic E-state index is 11.9. The van der Waals surface area contributed by atoms with Gasteiger partial charge in [0.05, 0.1) is 11.3 Å². The molecule has 0 saturated carbocycles. The zero-order valence-corrected chi connectivity index (χ0v) is 12.6. The Morgan fingerprint density at radius 3 is 2.57 bits per heavy atom. The van der Waals surface area contributed by atoms with Gasteiger partial charge >= 0.3 is 5.97 Å². The van der Waals surface area contributed by atoms with E-state index in [0.29, 0.717) is 16.6 Å². The number of anilines is 1. The number of carbonyl (C=O) groups excluding carboxylic acids is 1. The van der Waals surface area contributed by atoms with Gasteiger partial charge in [0.2, 0.25) is 5.91 Å². The minimum atomic E-state index is -1.08. The average molecular weight is 349 g/mol. The highest BCUT2D eigenvalue weighted by atomic mass is 79.9. The van der Waals surface area contributed by atoms with E-state index < -0.39 is 5.97 Å². The Morgan fingerprint density at radius 1 is 1.19 bits per heavy atom. The lowest BCUT2D eigenvalue weighted by molar-refractivity contribution is -0.116. The van der Waals surface area contributed by atoms with Crippen LogP contribution in [-0.2, 0) is 11.2 Å². The molecule has 2 rings (SSSR count). The van der Waals surface area contributed by atoms with E-state index >= 15 is 0 Å². The molecule has 0 spiro atoms. The van der Waals surface area contributed by atoms with Crippen LogP contribution in [0.1, 0.15) is 22.3 Å². The third kappa shape index (κ3) is 4.39. The van der Waals surface area contributed by atoms with Crippen molar-refractivity contribution in [2.24, 2.45) is 0 Å². The van der Waals surface area contributed by atoms with Gasteiger partial charge in [-0.15, -0.1) is 0 Å². The first-order chi connectivity index (χ1) is 10.1. The largest absolute Gasteiger partial charge is 0.478 e. The summed E-state index contributed by atoms with van der Waals surface area (Å²) in [6.07, 6.45) is 4.20. The van der Waals surface area contributed by atoms with E-state index in [2.05, 4.69) is 26.2 Å². The molecule has 0 saturated heterocycles. The first-order valence-corrected chi connectivity index (χ1v) is 7.07. The number of halogens is 1. The number of amides is 1. The molecule has 0 aliphatic rings. The van der Waals surface area contributed by atoms with Crippen molar-refractivity contribution < 1.29 is 14.7 Å². The van der Waals surface area contributed by atoms with Crippen molar-refractivity contribution in [3.8, 4) is 0 Å². The molecule has 1 aromatic carbocycles. The molecule has 21 heavy (non-hydrogen) atoms. The summed E-state index contributed by atoms with van der Waals surface area (Å²) >= 11 is 3.21. The number of aryl methyl sites for hydroxylation is 1. The Labute approximate surface area is 130 Å². The van der Waals surface area contributed by atoms with E-state index in [-0.39, 0.29) is 17.9 Å². The Hall–Kier alpha value is -2.21. The fourth-order valence-corrected chi connectivity index (χ4v) is 2.18. The molecule has 2 N–H and O–H groups in total. The Bertz CT molecular complexity index is 659. The SMILES string of the molecule is O=C(CCc1ccncc1)Nc1ccc(Br)cc1C(=O)O. The second kappa shape index (κ2) is 6.99. The first-order valence-electron chi connectivity index (χ1n) is 6.28. The molecular weight excluding hydrogens is 336 g/mol. The van der Waals surface area contributed by atoms with Crippen LogP contribution in [0.25, 0.3) is 0 Å². The molecule has 2 aromatic rings. The third-order valence-corrected chi connectivity index (χ3v) is 3.37. The molecule has 0 radical (unpaired) electrons. The molecule has 0 atom stereocenters. The minimum Gasteiger partial charge on any atom is -0.478 e. The predicted octanol–water partition coefficient (Wildman–Crippen LogP) is 3.11. The van der Waals surface area contributed by atoms with Gasteiger partial charge in [-0.2, -0.15) is 0 Å². The van der Waals surface area contributed by atoms with Crippen LogP contribution in [0, 0.1) is 0 Å². The molecule has 1 heterocycles. The molecule has 1 aromatic heterocycles. The summed E-state index contributed by atoms with van der Waals surface area (Å²) in [5, 5.41) is 11.8. The summed E-state index contributed by atoms with van der Waals surface area (Å²) in [6, 6.07) is 8.40. The highest BCUT2D eigenvalue weighted by Gasteiger charge is 2.13. The Morgan fingerprint density at radius 2 is 1.90 bits per heavy atom. The van der Waals surface area contributed by atoms with Crippen molar-refractivity contribution in [2.45, 2.75) is 12.8 Å². The molecule has 1 amide bonds. The van der Waals surface area contributed by atoms with Crippen molar-refractivity contribution in [1.82, 2.24) is 4.98 Å². The van der Waals surface area contributed by atoms with Gasteiger partial charge in [0.25, 0.3) is 0 Å². The van der Waals surface area contributed by atoms with Gasteiger partial charge in [0, 0.05) is 23.3 Å². The van der Waals surface area contributed by atoms with E-state index in [9.17, 15) is 9.59 Å². The van der Waals surface area contributed by atoms with Crippen LogP contribution < -0.4 is 5.32 Å². The number of carbonyl (C=O) groups is 2. The van der Waals surface area contributed by atoms with E-state index in [1.807, 2.05) is 12.1 Å². The summed E-state index contributed by atoms with van der Waals surface area (Å²) in [7, 11) is 0. The smallest absolute Gasteiger partial charge is 0.337 e. The van der Waals surface area contributed by atoms with Crippen molar-refractivity contribution in [3.05, 3.63) is 58.3 Å². The maximum Gasteiger partial charge on any atom is 0.337 e. The topological polar surface area (TPSA) is 79.3 Å². The van der Waals surface area contributed by atoms with Crippen LogP contribution in [-0.4, -0.2) is 22.0 Å². The van der Waals surface area contributed by atoms with E-state index in [0.717, 1.165) is 5.56 Å². The summed E-state index contributed by atoms with van der Waals surface area (Å²) in [4.78, 5) is 27.0. The van der Waals surface area contributed by atoms with Gasteiger partial charge in [-0.3, -0.25) is 9.78 Å². The van der Waals surface area contributed by atoms with Gasteiger partial charge in [-0.05, 0) is 42.3 Å². The van der Waals surface area contributed by atoms with Gasteiger partial charge in [0.1, 0.15) is 0 Å². The second-order valence-corrected chi connectivity index (χ2v) is 5.31. The number of aromatic carboxylic acids is 1. The fraction of sp³-hybridized carbons (Fsp3) is 0.133. The normalized spacial score (nSPS) is 10.1. The van der Waals surface area contributed by atoms with Gasteiger partial charge < -0.3 is 10.4 Å². The molecule has 5 nitrogen and oxygen atoms in total. The summed E-state index contributed by atoms with van der Waals surface area (Å²) in [5.74, 6) is -1.31. The van der Waals surface area contributed by atoms with Crippen LogP contribution in [0.2, 0.25) is 0 Å². The number of benzene rings is 1. The molecule has 0 unspecified atom stereocenters. The quantitative estimate of drug-likeness (QED) is 0.869. The monoisotopic (exact) mass is 348 g/mol. The molecular formula is C15H13BrN2O3. The number of nitrogens with zero attached hydrogens (tertiary/aromatic N) is 1. The maximum atomic E-state index is 11.9. The Kier molecular flexibility index (Phi) is 5.05. The van der Waals surface area contributed by atoms with Gasteiger partial charge in [0.15, 0.2) is 0 Å². The summed E-state index contributed by atoms with van der Waals surface area (Å²) < 4.78 is 0.648. The Balaban J connectivity index is 2.01. The van der Waals surface area contributed by atoms with E-state index in [1.165, 1.54) is 6.07 Å². The second-order valence-electron chi connectivity index (χ2n) is 4.40. The lowest BCUT2D eigenvalue weighted by Crippen LogP contribution is -2.15. The molecule has 0 aliphatic heterocycles.